The van der Waals surface area contributed by atoms with E-state index in [4.69, 9.17) is 16.3 Å². The Morgan fingerprint density at radius 1 is 1.33 bits per heavy atom. The van der Waals surface area contributed by atoms with Crippen molar-refractivity contribution < 1.29 is 19.1 Å². The number of rotatable bonds is 3. The van der Waals surface area contributed by atoms with Gasteiger partial charge in [-0.25, -0.2) is 4.79 Å². The van der Waals surface area contributed by atoms with Gasteiger partial charge in [-0.15, -0.1) is 0 Å². The number of hydrogen-bond acceptors (Lipinski definition) is 4. The molecule has 0 fully saturated rings. The molecule has 1 aromatic rings. The minimum atomic E-state index is -0.668. The van der Waals surface area contributed by atoms with Gasteiger partial charge >= 0.3 is 11.9 Å². The van der Waals surface area contributed by atoms with Crippen molar-refractivity contribution in [2.45, 2.75) is 6.92 Å². The third-order valence-corrected chi connectivity index (χ3v) is 1.77. The molecule has 0 spiro atoms. The van der Waals surface area contributed by atoms with Gasteiger partial charge in [-0.05, 0) is 12.1 Å². The van der Waals surface area contributed by atoms with Gasteiger partial charge < -0.3 is 9.47 Å². The van der Waals surface area contributed by atoms with Crippen LogP contribution < -0.4 is 4.74 Å². The van der Waals surface area contributed by atoms with Gasteiger partial charge in [0.25, 0.3) is 0 Å². The number of benzene rings is 1. The van der Waals surface area contributed by atoms with E-state index >= 15 is 0 Å². The van der Waals surface area contributed by atoms with Crippen LogP contribution in [-0.2, 0) is 14.3 Å². The normalized spacial score (nSPS) is 9.47. The molecule has 1 rings (SSSR count). The fourth-order valence-electron chi connectivity index (χ4n) is 0.840. The average molecular weight is 229 g/mol. The molecule has 0 atom stereocenters. The lowest BCUT2D eigenvalue weighted by molar-refractivity contribution is -0.152. The molecule has 0 N–H and O–H groups in total. The Morgan fingerprint density at radius 3 is 2.60 bits per heavy atom. The molecule has 0 radical (unpaired) electrons. The van der Waals surface area contributed by atoms with E-state index in [1.807, 2.05) is 0 Å². The maximum absolute atomic E-state index is 11.1. The monoisotopic (exact) mass is 228 g/mol. The predicted octanol–water partition coefficient (Wildman–Crippen LogP) is 1.81. The number of para-hydroxylation sites is 1. The van der Waals surface area contributed by atoms with E-state index in [9.17, 15) is 9.59 Å². The summed E-state index contributed by atoms with van der Waals surface area (Å²) in [6.45, 7) is 0.795. The Labute approximate surface area is 91.7 Å². The second kappa shape index (κ2) is 5.36. The Morgan fingerprint density at radius 2 is 2.00 bits per heavy atom. The van der Waals surface area contributed by atoms with Crippen LogP contribution in [0.15, 0.2) is 24.3 Å². The number of carbonyl (C=O) groups is 2. The predicted molar refractivity (Wildman–Crippen MR) is 53.7 cm³/mol. The molecule has 80 valence electrons. The van der Waals surface area contributed by atoms with Crippen LogP contribution in [0.1, 0.15) is 6.92 Å². The van der Waals surface area contributed by atoms with E-state index < -0.39 is 18.5 Å². The fourth-order valence-corrected chi connectivity index (χ4v) is 1.01. The van der Waals surface area contributed by atoms with E-state index in [1.165, 1.54) is 6.92 Å². The van der Waals surface area contributed by atoms with Gasteiger partial charge in [0.2, 0.25) is 0 Å². The largest absolute Gasteiger partial charge is 0.454 e. The van der Waals surface area contributed by atoms with E-state index in [0.29, 0.717) is 5.02 Å². The SMILES string of the molecule is CC(=O)OCC(=O)Oc1ccccc1Cl. The summed E-state index contributed by atoms with van der Waals surface area (Å²) in [6, 6.07) is 6.54. The molecule has 5 heteroatoms. The zero-order valence-electron chi connectivity index (χ0n) is 8.03. The van der Waals surface area contributed by atoms with Gasteiger partial charge in [-0.3, -0.25) is 4.79 Å². The summed E-state index contributed by atoms with van der Waals surface area (Å²) < 4.78 is 9.31. The summed E-state index contributed by atoms with van der Waals surface area (Å²) in [4.78, 5) is 21.5. The van der Waals surface area contributed by atoms with E-state index in [1.54, 1.807) is 24.3 Å². The minimum Gasteiger partial charge on any atom is -0.454 e. The van der Waals surface area contributed by atoms with Crippen LogP contribution in [0.4, 0.5) is 0 Å². The molecule has 0 unspecified atom stereocenters. The molecule has 15 heavy (non-hydrogen) atoms. The van der Waals surface area contributed by atoms with Crippen LogP contribution in [0.3, 0.4) is 0 Å². The Hall–Kier alpha value is -1.55. The topological polar surface area (TPSA) is 52.6 Å². The van der Waals surface area contributed by atoms with Crippen LogP contribution in [0.2, 0.25) is 5.02 Å². The summed E-state index contributed by atoms with van der Waals surface area (Å²) in [5, 5.41) is 0.327. The van der Waals surface area contributed by atoms with Gasteiger partial charge in [0.1, 0.15) is 5.75 Å². The molecule has 0 aromatic heterocycles. The highest BCUT2D eigenvalue weighted by Crippen LogP contribution is 2.22. The maximum atomic E-state index is 11.1. The van der Waals surface area contributed by atoms with Crippen LogP contribution >= 0.6 is 11.6 Å². The Bertz CT molecular complexity index is 375. The quantitative estimate of drug-likeness (QED) is 0.585. The van der Waals surface area contributed by atoms with Gasteiger partial charge in [-0.1, -0.05) is 23.7 Å². The van der Waals surface area contributed by atoms with Crippen LogP contribution in [0.25, 0.3) is 0 Å². The fraction of sp³-hybridized carbons (Fsp3) is 0.200. The number of hydrogen-bond donors (Lipinski definition) is 0. The minimum absolute atomic E-state index is 0.247. The highest BCUT2D eigenvalue weighted by molar-refractivity contribution is 6.32. The summed E-state index contributed by atoms with van der Waals surface area (Å²) >= 11 is 5.75. The highest BCUT2D eigenvalue weighted by Gasteiger charge is 2.08. The first-order valence-corrected chi connectivity index (χ1v) is 4.56. The number of carbonyl (C=O) groups excluding carboxylic acids is 2. The second-order valence-corrected chi connectivity index (χ2v) is 3.09. The zero-order valence-corrected chi connectivity index (χ0v) is 8.78. The van der Waals surface area contributed by atoms with Gasteiger partial charge in [0.05, 0.1) is 5.02 Å². The molecule has 1 aromatic carbocycles. The summed E-state index contributed by atoms with van der Waals surface area (Å²) in [6.07, 6.45) is 0. The van der Waals surface area contributed by atoms with E-state index in [-0.39, 0.29) is 5.75 Å². The lowest BCUT2D eigenvalue weighted by Crippen LogP contribution is -2.17. The van der Waals surface area contributed by atoms with Crippen molar-refractivity contribution in [2.24, 2.45) is 0 Å². The second-order valence-electron chi connectivity index (χ2n) is 2.68. The average Bonchev–Trinajstić information content (AvgIpc) is 2.18. The molecule has 0 saturated carbocycles. The lowest BCUT2D eigenvalue weighted by Gasteiger charge is -2.05. The van der Waals surface area contributed by atoms with Crippen molar-refractivity contribution in [3.63, 3.8) is 0 Å². The van der Waals surface area contributed by atoms with Crippen LogP contribution in [0, 0.1) is 0 Å². The molecule has 0 heterocycles. The van der Waals surface area contributed by atoms with Crippen molar-refractivity contribution >= 4 is 23.5 Å². The summed E-state index contributed by atoms with van der Waals surface area (Å²) in [7, 11) is 0. The maximum Gasteiger partial charge on any atom is 0.349 e. The molecular weight excluding hydrogens is 220 g/mol. The molecule has 0 aliphatic carbocycles. The van der Waals surface area contributed by atoms with Crippen LogP contribution in [0.5, 0.6) is 5.75 Å². The standard InChI is InChI=1S/C10H9ClO4/c1-7(12)14-6-10(13)15-9-5-3-2-4-8(9)11/h2-5H,6H2,1H3. The Balaban J connectivity index is 2.52. The first-order valence-electron chi connectivity index (χ1n) is 4.18. The molecule has 0 amide bonds. The molecule has 0 aliphatic rings. The number of esters is 2. The molecule has 0 aliphatic heterocycles. The smallest absolute Gasteiger partial charge is 0.349 e. The van der Waals surface area contributed by atoms with E-state index in [2.05, 4.69) is 4.74 Å². The van der Waals surface area contributed by atoms with Crippen molar-refractivity contribution in [1.82, 2.24) is 0 Å². The van der Waals surface area contributed by atoms with Crippen molar-refractivity contribution in [3.8, 4) is 5.75 Å². The Kier molecular flexibility index (Phi) is 4.12. The van der Waals surface area contributed by atoms with Crippen molar-refractivity contribution in [1.29, 1.82) is 0 Å². The number of ether oxygens (including phenoxy) is 2. The molecular formula is C10H9ClO4. The zero-order chi connectivity index (χ0) is 11.3. The third kappa shape index (κ3) is 3.99. The van der Waals surface area contributed by atoms with Crippen molar-refractivity contribution in [2.75, 3.05) is 6.61 Å². The molecule has 0 saturated heterocycles. The number of halogens is 1. The highest BCUT2D eigenvalue weighted by atomic mass is 35.5. The first kappa shape index (κ1) is 11.5. The summed E-state index contributed by atoms with van der Waals surface area (Å²) in [5.41, 5.74) is 0. The van der Waals surface area contributed by atoms with Crippen molar-refractivity contribution in [3.05, 3.63) is 29.3 Å². The van der Waals surface area contributed by atoms with Crippen LogP contribution in [-0.4, -0.2) is 18.5 Å². The van der Waals surface area contributed by atoms with Gasteiger partial charge in [-0.2, -0.15) is 0 Å². The third-order valence-electron chi connectivity index (χ3n) is 1.45. The van der Waals surface area contributed by atoms with Gasteiger partial charge in [0, 0.05) is 6.92 Å². The first-order chi connectivity index (χ1) is 7.09. The molecule has 0 bridgehead atoms. The van der Waals surface area contributed by atoms with Gasteiger partial charge in [0.15, 0.2) is 6.61 Å². The lowest BCUT2D eigenvalue weighted by atomic mass is 10.3. The van der Waals surface area contributed by atoms with E-state index in [0.717, 1.165) is 0 Å². The summed E-state index contributed by atoms with van der Waals surface area (Å²) in [5.74, 6) is -0.958. The molecule has 4 nitrogen and oxygen atoms in total.